The number of amides is 3. The number of imidazole rings is 1. The molecule has 1 rings (SSSR count). The minimum Gasteiger partial charge on any atom is -0.480 e. The first-order valence-corrected chi connectivity index (χ1v) is 7.05. The van der Waals surface area contributed by atoms with E-state index in [0.717, 1.165) is 0 Å². The zero-order valence-electron chi connectivity index (χ0n) is 13.0. The summed E-state index contributed by atoms with van der Waals surface area (Å²) >= 11 is 0. The molecule has 0 spiro atoms. The highest BCUT2D eigenvalue weighted by Crippen LogP contribution is 1.99. The van der Waals surface area contributed by atoms with Crippen molar-refractivity contribution in [3.05, 3.63) is 18.2 Å². The molecular weight excluding hydrogens is 320 g/mol. The zero-order chi connectivity index (χ0) is 18.3. The lowest BCUT2D eigenvalue weighted by Crippen LogP contribution is -2.55. The molecule has 3 amide bonds. The molecular formula is C13H20N6O5. The van der Waals surface area contributed by atoms with Crippen LogP contribution in [0.4, 0.5) is 0 Å². The molecule has 11 heteroatoms. The van der Waals surface area contributed by atoms with Crippen molar-refractivity contribution in [1.29, 1.82) is 0 Å². The molecule has 0 saturated heterocycles. The maximum Gasteiger partial charge on any atom is 0.325 e. The van der Waals surface area contributed by atoms with E-state index in [1.165, 1.54) is 19.4 Å². The molecule has 3 atom stereocenters. The van der Waals surface area contributed by atoms with Gasteiger partial charge in [0.1, 0.15) is 12.1 Å². The van der Waals surface area contributed by atoms with Crippen molar-refractivity contribution in [2.45, 2.75) is 37.9 Å². The highest BCUT2D eigenvalue weighted by molar-refractivity contribution is 5.94. The Labute approximate surface area is 137 Å². The van der Waals surface area contributed by atoms with Gasteiger partial charge in [-0.25, -0.2) is 4.98 Å². The normalized spacial score (nSPS) is 14.2. The Morgan fingerprint density at radius 3 is 2.46 bits per heavy atom. The zero-order valence-corrected chi connectivity index (χ0v) is 13.0. The van der Waals surface area contributed by atoms with Gasteiger partial charge in [-0.3, -0.25) is 19.2 Å². The fourth-order valence-electron chi connectivity index (χ4n) is 1.79. The summed E-state index contributed by atoms with van der Waals surface area (Å²) in [5.41, 5.74) is 11.4. The Bertz CT molecular complexity index is 602. The molecule has 0 aromatic carbocycles. The van der Waals surface area contributed by atoms with Gasteiger partial charge < -0.3 is 32.2 Å². The maximum absolute atomic E-state index is 12.1. The average molecular weight is 340 g/mol. The molecule has 1 heterocycles. The molecule has 0 bridgehead atoms. The Hall–Kier alpha value is -2.95. The van der Waals surface area contributed by atoms with E-state index in [1.54, 1.807) is 0 Å². The highest BCUT2D eigenvalue weighted by atomic mass is 16.4. The monoisotopic (exact) mass is 340 g/mol. The van der Waals surface area contributed by atoms with Crippen LogP contribution in [-0.2, 0) is 25.6 Å². The number of hydrogen-bond donors (Lipinski definition) is 6. The molecule has 1 aromatic heterocycles. The third kappa shape index (κ3) is 6.04. The molecule has 0 saturated carbocycles. The van der Waals surface area contributed by atoms with Crippen LogP contribution >= 0.6 is 0 Å². The van der Waals surface area contributed by atoms with Gasteiger partial charge in [-0.15, -0.1) is 0 Å². The van der Waals surface area contributed by atoms with E-state index in [9.17, 15) is 19.2 Å². The van der Waals surface area contributed by atoms with Crippen LogP contribution in [-0.4, -0.2) is 56.9 Å². The van der Waals surface area contributed by atoms with Gasteiger partial charge in [0, 0.05) is 18.3 Å². The summed E-state index contributed by atoms with van der Waals surface area (Å²) in [6, 6.07) is -3.50. The third-order valence-electron chi connectivity index (χ3n) is 3.10. The number of nitrogens with zero attached hydrogens (tertiary/aromatic N) is 1. The van der Waals surface area contributed by atoms with Crippen LogP contribution in [0.3, 0.4) is 0 Å². The number of nitrogens with two attached hydrogens (primary N) is 2. The number of carboxylic acids is 1. The fraction of sp³-hybridized carbons (Fsp3) is 0.462. The van der Waals surface area contributed by atoms with Gasteiger partial charge in [0.05, 0.1) is 18.8 Å². The van der Waals surface area contributed by atoms with Gasteiger partial charge in [0.15, 0.2) is 0 Å². The number of primary amides is 1. The second-order valence-corrected chi connectivity index (χ2v) is 5.19. The number of aromatic amines is 1. The van der Waals surface area contributed by atoms with Gasteiger partial charge in [0.2, 0.25) is 17.7 Å². The van der Waals surface area contributed by atoms with Crippen molar-refractivity contribution in [2.24, 2.45) is 11.5 Å². The van der Waals surface area contributed by atoms with Crippen molar-refractivity contribution in [3.8, 4) is 0 Å². The number of aromatic nitrogens is 2. The highest BCUT2D eigenvalue weighted by Gasteiger charge is 2.27. The summed E-state index contributed by atoms with van der Waals surface area (Å²) < 4.78 is 0. The molecule has 0 unspecified atom stereocenters. The molecule has 24 heavy (non-hydrogen) atoms. The lowest BCUT2D eigenvalue weighted by Gasteiger charge is -2.20. The Balaban J connectivity index is 2.70. The summed E-state index contributed by atoms with van der Waals surface area (Å²) in [5, 5.41) is 13.2. The number of aliphatic carboxylic acids is 1. The number of carbonyl (C=O) groups is 4. The first-order chi connectivity index (χ1) is 11.2. The summed E-state index contributed by atoms with van der Waals surface area (Å²) in [6.07, 6.45) is 2.58. The first kappa shape index (κ1) is 19.1. The number of H-pyrrole nitrogens is 1. The van der Waals surface area contributed by atoms with Crippen LogP contribution in [0.1, 0.15) is 19.0 Å². The lowest BCUT2D eigenvalue weighted by molar-refractivity contribution is -0.141. The lowest BCUT2D eigenvalue weighted by atomic mass is 10.1. The number of carbonyl (C=O) groups excluding carboxylic acids is 3. The van der Waals surface area contributed by atoms with E-state index < -0.39 is 48.2 Å². The van der Waals surface area contributed by atoms with Gasteiger partial charge >= 0.3 is 5.97 Å². The standard InChI is InChI=1S/C13H20N6O5/c1-6(13(23)24)18-12(22)9(3-10(15)20)19-11(21)8(14)2-7-4-16-5-17-7/h4-6,8-9H,2-3,14H2,1H3,(H2,15,20)(H,16,17)(H,18,22)(H,19,21)(H,23,24)/t6-,8-,9-/m0/s1. The van der Waals surface area contributed by atoms with Crippen LogP contribution in [0.5, 0.6) is 0 Å². The van der Waals surface area contributed by atoms with Crippen molar-refractivity contribution in [1.82, 2.24) is 20.6 Å². The minimum absolute atomic E-state index is 0.141. The molecule has 132 valence electrons. The number of carboxylic acid groups (broad SMARTS) is 1. The Kier molecular flexibility index (Phi) is 6.86. The second-order valence-electron chi connectivity index (χ2n) is 5.19. The van der Waals surface area contributed by atoms with Crippen molar-refractivity contribution in [3.63, 3.8) is 0 Å². The largest absolute Gasteiger partial charge is 0.480 e. The summed E-state index contributed by atoms with van der Waals surface area (Å²) in [7, 11) is 0. The summed E-state index contributed by atoms with van der Waals surface area (Å²) in [6.45, 7) is 1.24. The van der Waals surface area contributed by atoms with E-state index in [4.69, 9.17) is 16.6 Å². The predicted molar refractivity (Wildman–Crippen MR) is 81.2 cm³/mol. The van der Waals surface area contributed by atoms with Crippen molar-refractivity contribution < 1.29 is 24.3 Å². The molecule has 11 nitrogen and oxygen atoms in total. The van der Waals surface area contributed by atoms with Crippen LogP contribution in [0, 0.1) is 0 Å². The minimum atomic E-state index is -1.32. The topological polar surface area (TPSA) is 193 Å². The molecule has 0 fully saturated rings. The first-order valence-electron chi connectivity index (χ1n) is 7.05. The number of hydrogen-bond acceptors (Lipinski definition) is 6. The molecule has 8 N–H and O–H groups in total. The van der Waals surface area contributed by atoms with Crippen molar-refractivity contribution in [2.75, 3.05) is 0 Å². The van der Waals surface area contributed by atoms with Gasteiger partial charge in [-0.1, -0.05) is 0 Å². The molecule has 0 aliphatic heterocycles. The summed E-state index contributed by atoms with van der Waals surface area (Å²) in [5.74, 6) is -3.62. The molecule has 0 radical (unpaired) electrons. The molecule has 0 aliphatic carbocycles. The van der Waals surface area contributed by atoms with Crippen LogP contribution in [0.15, 0.2) is 12.5 Å². The second kappa shape index (κ2) is 8.62. The summed E-state index contributed by atoms with van der Waals surface area (Å²) in [4.78, 5) is 52.5. The van der Waals surface area contributed by atoms with E-state index in [2.05, 4.69) is 20.6 Å². The quantitative estimate of drug-likeness (QED) is 0.280. The maximum atomic E-state index is 12.1. The Morgan fingerprint density at radius 1 is 1.29 bits per heavy atom. The predicted octanol–water partition coefficient (Wildman–Crippen LogP) is -2.77. The van der Waals surface area contributed by atoms with E-state index in [1.807, 2.05) is 0 Å². The smallest absolute Gasteiger partial charge is 0.325 e. The number of nitrogens with one attached hydrogen (secondary N) is 3. The van der Waals surface area contributed by atoms with Gasteiger partial charge in [0.25, 0.3) is 0 Å². The fourth-order valence-corrected chi connectivity index (χ4v) is 1.79. The number of rotatable bonds is 9. The Morgan fingerprint density at radius 2 is 1.96 bits per heavy atom. The average Bonchev–Trinajstić information content (AvgIpc) is 2.98. The van der Waals surface area contributed by atoms with Gasteiger partial charge in [-0.2, -0.15) is 0 Å². The van der Waals surface area contributed by atoms with E-state index in [-0.39, 0.29) is 6.42 Å². The van der Waals surface area contributed by atoms with Crippen LogP contribution in [0.25, 0.3) is 0 Å². The van der Waals surface area contributed by atoms with Crippen LogP contribution < -0.4 is 22.1 Å². The molecule has 0 aliphatic rings. The molecule has 1 aromatic rings. The van der Waals surface area contributed by atoms with Gasteiger partial charge in [-0.05, 0) is 6.92 Å². The van der Waals surface area contributed by atoms with E-state index in [0.29, 0.717) is 5.69 Å². The van der Waals surface area contributed by atoms with E-state index >= 15 is 0 Å². The SMILES string of the molecule is C[C@H](NC(=O)[C@H](CC(N)=O)NC(=O)[C@@H](N)Cc1cnc[nH]1)C(=O)O. The van der Waals surface area contributed by atoms with Crippen LogP contribution in [0.2, 0.25) is 0 Å². The third-order valence-corrected chi connectivity index (χ3v) is 3.10. The van der Waals surface area contributed by atoms with Crippen molar-refractivity contribution >= 4 is 23.7 Å².